The first-order valence-electron chi connectivity index (χ1n) is 24.8. The second-order valence-corrected chi connectivity index (χ2v) is 19.6. The summed E-state index contributed by atoms with van der Waals surface area (Å²) < 4.78 is 6.68. The van der Waals surface area contributed by atoms with E-state index in [-0.39, 0.29) is 17.3 Å². The van der Waals surface area contributed by atoms with Crippen LogP contribution in [-0.2, 0) is 24.5 Å². The number of urea groups is 1. The number of hydrogen-bond donors (Lipinski definition) is 3. The van der Waals surface area contributed by atoms with Crippen molar-refractivity contribution in [3.63, 3.8) is 0 Å². The van der Waals surface area contributed by atoms with Crippen LogP contribution in [0.3, 0.4) is 0 Å². The molecule has 5 aromatic rings. The largest absolute Gasteiger partial charge is 0.508 e. The number of ether oxygens (including phenoxy) is 1. The van der Waals surface area contributed by atoms with Crippen LogP contribution in [0.2, 0.25) is 0 Å². The number of phenols is 1. The van der Waals surface area contributed by atoms with Gasteiger partial charge in [-0.25, -0.2) is 9.69 Å². The number of aromatic hydroxyl groups is 1. The summed E-state index contributed by atoms with van der Waals surface area (Å²) in [6.07, 6.45) is 8.40. The topological polar surface area (TPSA) is 140 Å². The standard InChI is InChI=1S/C58H60N4O7/c1-39(41-20-10-7-11-21-41)59-56(67)61-47-31-26-40(32-35-57(68)33-16-3-4-17-34-57)38-46(47)58(55(61)66)48(53(64)60-36-18-5-2-6-19-37-60)50-54(65)69-51(43-24-14-9-15-25-43)49(42-22-12-8-13-23-42)62(50)52(58)44-27-29-45(63)30-28-44/h7-15,20-31,38-39,48-52,63,68H,2-6,16-19,33-34,36-37H2,1H3,(H,59,67). The fourth-order valence-corrected chi connectivity index (χ4v) is 12.0. The highest BCUT2D eigenvalue weighted by Gasteiger charge is 2.76. The lowest BCUT2D eigenvalue weighted by Gasteiger charge is -2.46. The summed E-state index contributed by atoms with van der Waals surface area (Å²) in [5, 5.41) is 25.7. The summed E-state index contributed by atoms with van der Waals surface area (Å²) in [5.41, 5.74) is 0.931. The molecular weight excluding hydrogens is 865 g/mol. The second kappa shape index (κ2) is 19.3. The molecule has 4 heterocycles. The van der Waals surface area contributed by atoms with Gasteiger partial charge in [0.15, 0.2) is 0 Å². The van der Waals surface area contributed by atoms with Crippen molar-refractivity contribution in [1.29, 1.82) is 0 Å². The summed E-state index contributed by atoms with van der Waals surface area (Å²) >= 11 is 0. The molecule has 0 bridgehead atoms. The average Bonchev–Trinajstić information content (AvgIpc) is 3.69. The van der Waals surface area contributed by atoms with E-state index in [1.54, 1.807) is 36.4 Å². The van der Waals surface area contributed by atoms with Crippen LogP contribution in [0.4, 0.5) is 10.5 Å². The van der Waals surface area contributed by atoms with Crippen molar-refractivity contribution in [2.45, 2.75) is 119 Å². The summed E-state index contributed by atoms with van der Waals surface area (Å²) in [6.45, 7) is 2.74. The molecule has 4 fully saturated rings. The number of carbonyl (C=O) groups excluding carboxylic acids is 4. The molecule has 3 N–H and O–H groups in total. The normalized spacial score (nSPS) is 26.0. The van der Waals surface area contributed by atoms with Crippen LogP contribution >= 0.6 is 0 Å². The Morgan fingerprint density at radius 3 is 1.96 bits per heavy atom. The molecule has 1 spiro atoms. The maximum Gasteiger partial charge on any atom is 0.329 e. The Hall–Kier alpha value is -6.74. The Balaban J connectivity index is 1.25. The van der Waals surface area contributed by atoms with E-state index in [1.807, 2.05) is 114 Å². The van der Waals surface area contributed by atoms with Crippen molar-refractivity contribution >= 4 is 29.5 Å². The Labute approximate surface area is 404 Å². The van der Waals surface area contributed by atoms with Gasteiger partial charge in [-0.15, -0.1) is 0 Å². The predicted octanol–water partition coefficient (Wildman–Crippen LogP) is 9.76. The van der Waals surface area contributed by atoms with E-state index >= 15 is 19.2 Å². The number of esters is 1. The third-order valence-corrected chi connectivity index (χ3v) is 15.3. The SMILES string of the molecule is CC(NC(=O)N1C(=O)C2(c3cc(C#CC4(O)CCCCCC4)ccc31)C(C(=O)N1CCCCCCC1)C1C(=O)OC(c3ccccc3)C(c3ccccc3)N1C2c1ccc(O)cc1)c1ccccc1. The highest BCUT2D eigenvalue weighted by atomic mass is 16.6. The molecular formula is C58H60N4O7. The lowest BCUT2D eigenvalue weighted by atomic mass is 9.64. The Kier molecular flexibility index (Phi) is 12.9. The zero-order valence-corrected chi connectivity index (χ0v) is 39.1. The van der Waals surface area contributed by atoms with E-state index in [0.717, 1.165) is 74.5 Å². The average molecular weight is 925 g/mol. The van der Waals surface area contributed by atoms with Crippen LogP contribution in [0.5, 0.6) is 5.75 Å². The molecule has 7 unspecified atom stereocenters. The minimum absolute atomic E-state index is 0.00140. The first kappa shape index (κ1) is 46.0. The number of hydrogen-bond acceptors (Lipinski definition) is 8. The number of aliphatic hydroxyl groups is 1. The predicted molar refractivity (Wildman–Crippen MR) is 263 cm³/mol. The molecule has 10 rings (SSSR count). The number of phenolic OH excluding ortho intramolecular Hbond substituents is 1. The summed E-state index contributed by atoms with van der Waals surface area (Å²) in [6, 6.07) is 36.3. The van der Waals surface area contributed by atoms with Crippen LogP contribution < -0.4 is 10.2 Å². The maximum atomic E-state index is 16.8. The van der Waals surface area contributed by atoms with Gasteiger partial charge in [0.05, 0.1) is 29.7 Å². The maximum absolute atomic E-state index is 16.8. The lowest BCUT2D eigenvalue weighted by molar-refractivity contribution is -0.179. The molecule has 1 saturated carbocycles. The number of likely N-dealkylation sites (tertiary alicyclic amines) is 1. The minimum atomic E-state index is -1.95. The molecule has 0 aromatic heterocycles. The van der Waals surface area contributed by atoms with Crippen molar-refractivity contribution in [1.82, 2.24) is 15.1 Å². The van der Waals surface area contributed by atoms with E-state index in [0.29, 0.717) is 42.6 Å². The van der Waals surface area contributed by atoms with Gasteiger partial charge in [-0.05, 0) is 104 Å². The smallest absolute Gasteiger partial charge is 0.329 e. The Morgan fingerprint density at radius 1 is 0.710 bits per heavy atom. The van der Waals surface area contributed by atoms with Gasteiger partial charge >= 0.3 is 12.0 Å². The number of benzene rings is 5. The van der Waals surface area contributed by atoms with Crippen LogP contribution in [0.1, 0.15) is 135 Å². The van der Waals surface area contributed by atoms with Crippen molar-refractivity contribution in [2.24, 2.45) is 5.92 Å². The second-order valence-electron chi connectivity index (χ2n) is 19.6. The number of anilines is 1. The van der Waals surface area contributed by atoms with Crippen molar-refractivity contribution in [3.8, 4) is 17.6 Å². The highest BCUT2D eigenvalue weighted by molar-refractivity contribution is 6.24. The highest BCUT2D eigenvalue weighted by Crippen LogP contribution is 2.66. The third kappa shape index (κ3) is 8.48. The summed E-state index contributed by atoms with van der Waals surface area (Å²) in [7, 11) is 0. The van der Waals surface area contributed by atoms with E-state index in [2.05, 4.69) is 17.2 Å². The first-order valence-corrected chi connectivity index (χ1v) is 24.8. The molecule has 4 aliphatic heterocycles. The number of carbonyl (C=O) groups is 4. The fraction of sp³-hybridized carbons (Fsp3) is 0.379. The number of cyclic esters (lactones) is 1. The lowest BCUT2D eigenvalue weighted by Crippen LogP contribution is -2.57. The van der Waals surface area contributed by atoms with Crippen molar-refractivity contribution in [3.05, 3.63) is 167 Å². The van der Waals surface area contributed by atoms with Crippen LogP contribution in [0, 0.1) is 17.8 Å². The molecule has 354 valence electrons. The molecule has 11 nitrogen and oxygen atoms in total. The number of nitrogens with zero attached hydrogens (tertiary/aromatic N) is 3. The number of amides is 4. The van der Waals surface area contributed by atoms with Crippen molar-refractivity contribution < 1.29 is 34.1 Å². The zero-order valence-electron chi connectivity index (χ0n) is 39.1. The van der Waals surface area contributed by atoms with Gasteiger partial charge in [-0.3, -0.25) is 19.3 Å². The molecule has 5 aromatic carbocycles. The number of rotatable bonds is 6. The number of nitrogens with one attached hydrogen (secondary N) is 1. The van der Waals surface area contributed by atoms with Gasteiger partial charge in [0.1, 0.15) is 28.9 Å². The molecule has 1 aliphatic carbocycles. The van der Waals surface area contributed by atoms with E-state index in [9.17, 15) is 10.2 Å². The van der Waals surface area contributed by atoms with Crippen molar-refractivity contribution in [2.75, 3.05) is 18.0 Å². The number of imide groups is 1. The van der Waals surface area contributed by atoms with Gasteiger partial charge in [0.25, 0.3) is 0 Å². The molecule has 69 heavy (non-hydrogen) atoms. The molecule has 3 saturated heterocycles. The molecule has 11 heteroatoms. The monoisotopic (exact) mass is 924 g/mol. The Morgan fingerprint density at radius 2 is 1.30 bits per heavy atom. The number of fused-ring (bicyclic) bond motifs is 3. The zero-order chi connectivity index (χ0) is 47.7. The van der Waals surface area contributed by atoms with Crippen LogP contribution in [0.25, 0.3) is 0 Å². The third-order valence-electron chi connectivity index (χ3n) is 15.3. The Bertz CT molecular complexity index is 2740. The van der Waals surface area contributed by atoms with E-state index in [1.165, 1.54) is 4.90 Å². The van der Waals surface area contributed by atoms with Crippen LogP contribution in [-0.4, -0.2) is 68.6 Å². The van der Waals surface area contributed by atoms with Gasteiger partial charge in [-0.1, -0.05) is 147 Å². The molecule has 7 atom stereocenters. The number of morpholine rings is 1. The fourth-order valence-electron chi connectivity index (χ4n) is 12.0. The van der Waals surface area contributed by atoms with Gasteiger partial charge in [0.2, 0.25) is 11.8 Å². The van der Waals surface area contributed by atoms with E-state index < -0.39 is 65.1 Å². The summed E-state index contributed by atoms with van der Waals surface area (Å²) in [4.78, 5) is 68.8. The summed E-state index contributed by atoms with van der Waals surface area (Å²) in [5.74, 6) is 3.44. The van der Waals surface area contributed by atoms with Gasteiger partial charge in [-0.2, -0.15) is 0 Å². The van der Waals surface area contributed by atoms with E-state index in [4.69, 9.17) is 4.74 Å². The first-order chi connectivity index (χ1) is 33.6. The van der Waals surface area contributed by atoms with Crippen LogP contribution in [0.15, 0.2) is 133 Å². The molecule has 4 amide bonds. The molecule has 0 radical (unpaired) electrons. The minimum Gasteiger partial charge on any atom is -0.508 e. The molecule has 5 aliphatic rings. The quantitative estimate of drug-likeness (QED) is 0.0870. The van der Waals surface area contributed by atoms with Gasteiger partial charge in [0, 0.05) is 18.7 Å². The van der Waals surface area contributed by atoms with Gasteiger partial charge < -0.3 is 25.2 Å².